The van der Waals surface area contributed by atoms with Gasteiger partial charge in [-0.2, -0.15) is 0 Å². The molecule has 1 atom stereocenters. The van der Waals surface area contributed by atoms with Crippen molar-refractivity contribution in [2.24, 2.45) is 0 Å². The van der Waals surface area contributed by atoms with Crippen LogP contribution in [0.4, 0.5) is 10.1 Å². The maximum Gasteiger partial charge on any atom is 0.339 e. The van der Waals surface area contributed by atoms with Crippen molar-refractivity contribution in [2.45, 2.75) is 19.4 Å². The first-order chi connectivity index (χ1) is 8.40. The average Bonchev–Trinajstić information content (AvgIpc) is 2.34. The molecule has 0 amide bonds. The van der Waals surface area contributed by atoms with Gasteiger partial charge in [-0.1, -0.05) is 6.07 Å². The van der Waals surface area contributed by atoms with E-state index in [4.69, 9.17) is 0 Å². The van der Waals surface area contributed by atoms with E-state index in [1.165, 1.54) is 26.2 Å². The molecule has 1 rings (SSSR count). The van der Waals surface area contributed by atoms with E-state index >= 15 is 0 Å². The lowest BCUT2D eigenvalue weighted by Crippen LogP contribution is -2.47. The molecule has 4 nitrogen and oxygen atoms in total. The second-order valence-electron chi connectivity index (χ2n) is 4.26. The predicted octanol–water partition coefficient (Wildman–Crippen LogP) is 1.58. The Kier molecular flexibility index (Phi) is 4.67. The first-order valence-electron chi connectivity index (χ1n) is 5.72. The first-order valence-corrected chi connectivity index (χ1v) is 5.72. The molecule has 0 bridgehead atoms. The van der Waals surface area contributed by atoms with Crippen LogP contribution >= 0.6 is 0 Å². The average molecular weight is 255 g/mol. The third-order valence-electron chi connectivity index (χ3n) is 2.68. The number of hydrogen-bond acceptors (Lipinski definition) is 4. The maximum absolute atomic E-state index is 13.1. The van der Waals surface area contributed by atoms with E-state index in [1.807, 2.05) is 6.92 Å². The normalized spacial score (nSPS) is 13.8. The summed E-state index contributed by atoms with van der Waals surface area (Å²) in [6.45, 7) is 3.81. The number of rotatable bonds is 5. The molecule has 0 radical (unpaired) electrons. The second-order valence-corrected chi connectivity index (χ2v) is 4.26. The van der Waals surface area contributed by atoms with Gasteiger partial charge < -0.3 is 14.7 Å². The van der Waals surface area contributed by atoms with Gasteiger partial charge in [0.15, 0.2) is 5.60 Å². The molecule has 0 aliphatic heterocycles. The van der Waals surface area contributed by atoms with E-state index in [0.717, 1.165) is 0 Å². The van der Waals surface area contributed by atoms with E-state index < -0.39 is 11.6 Å². The highest BCUT2D eigenvalue weighted by atomic mass is 19.1. The third-order valence-corrected chi connectivity index (χ3v) is 2.68. The molecular weight excluding hydrogens is 237 g/mol. The smallest absolute Gasteiger partial charge is 0.339 e. The number of likely N-dealkylation sites (N-methyl/N-ethyl adjacent to an activating group) is 1. The van der Waals surface area contributed by atoms with Crippen LogP contribution in [-0.4, -0.2) is 36.9 Å². The number of nitrogens with zero attached hydrogens (tertiary/aromatic N) is 1. The second kappa shape index (κ2) is 5.82. The number of benzene rings is 1. The largest absolute Gasteiger partial charge is 0.467 e. The zero-order valence-electron chi connectivity index (χ0n) is 10.8. The lowest BCUT2D eigenvalue weighted by Gasteiger charge is -2.30. The number of carbonyl (C=O) groups excluding carboxylic acids is 1. The van der Waals surface area contributed by atoms with E-state index in [0.29, 0.717) is 12.2 Å². The summed E-state index contributed by atoms with van der Waals surface area (Å²) in [5.74, 6) is -1.07. The maximum atomic E-state index is 13.1. The van der Waals surface area contributed by atoms with Crippen molar-refractivity contribution in [3.63, 3.8) is 0 Å². The van der Waals surface area contributed by atoms with Gasteiger partial charge in [0, 0.05) is 12.2 Å². The van der Waals surface area contributed by atoms with Crippen LogP contribution in [0.25, 0.3) is 0 Å². The number of hydrogen-bond donors (Lipinski definition) is 1. The summed E-state index contributed by atoms with van der Waals surface area (Å²) in [6.07, 6.45) is 0. The van der Waals surface area contributed by atoms with Crippen LogP contribution in [0, 0.1) is 5.82 Å². The van der Waals surface area contributed by atoms with Crippen LogP contribution in [0.5, 0.6) is 0 Å². The Morgan fingerprint density at radius 3 is 2.72 bits per heavy atom. The van der Waals surface area contributed by atoms with Crippen molar-refractivity contribution >= 4 is 11.7 Å². The van der Waals surface area contributed by atoms with Gasteiger partial charge in [-0.05, 0) is 32.0 Å². The molecule has 1 unspecified atom stereocenters. The molecular formula is C13H18FNO3. The highest BCUT2D eigenvalue weighted by molar-refractivity contribution is 5.79. The zero-order valence-corrected chi connectivity index (χ0v) is 10.8. The van der Waals surface area contributed by atoms with Gasteiger partial charge in [-0.25, -0.2) is 9.18 Å². The van der Waals surface area contributed by atoms with Gasteiger partial charge in [0.1, 0.15) is 5.82 Å². The number of esters is 1. The van der Waals surface area contributed by atoms with E-state index in [1.54, 1.807) is 17.0 Å². The van der Waals surface area contributed by atoms with Crippen LogP contribution in [0.2, 0.25) is 0 Å². The Hall–Kier alpha value is -1.62. The topological polar surface area (TPSA) is 49.8 Å². The molecule has 0 heterocycles. The molecule has 0 saturated heterocycles. The van der Waals surface area contributed by atoms with Crippen molar-refractivity contribution in [2.75, 3.05) is 25.1 Å². The van der Waals surface area contributed by atoms with Crippen molar-refractivity contribution in [1.82, 2.24) is 0 Å². The van der Waals surface area contributed by atoms with Crippen molar-refractivity contribution in [3.05, 3.63) is 30.1 Å². The zero-order chi connectivity index (χ0) is 13.8. The predicted molar refractivity (Wildman–Crippen MR) is 66.9 cm³/mol. The first kappa shape index (κ1) is 14.4. The van der Waals surface area contributed by atoms with Gasteiger partial charge in [-0.15, -0.1) is 0 Å². The van der Waals surface area contributed by atoms with Gasteiger partial charge in [0.2, 0.25) is 0 Å². The van der Waals surface area contributed by atoms with Crippen LogP contribution in [0.3, 0.4) is 0 Å². The molecule has 0 saturated carbocycles. The fourth-order valence-electron chi connectivity index (χ4n) is 1.71. The van der Waals surface area contributed by atoms with Crippen molar-refractivity contribution in [3.8, 4) is 0 Å². The Balaban J connectivity index is 2.89. The minimum Gasteiger partial charge on any atom is -0.467 e. The van der Waals surface area contributed by atoms with Crippen LogP contribution < -0.4 is 4.90 Å². The molecule has 18 heavy (non-hydrogen) atoms. The Morgan fingerprint density at radius 1 is 1.56 bits per heavy atom. The van der Waals surface area contributed by atoms with E-state index in [9.17, 15) is 14.3 Å². The minimum atomic E-state index is -1.63. The number of anilines is 1. The van der Waals surface area contributed by atoms with Crippen LogP contribution in [-0.2, 0) is 9.53 Å². The van der Waals surface area contributed by atoms with Gasteiger partial charge in [-0.3, -0.25) is 0 Å². The van der Waals surface area contributed by atoms with Gasteiger partial charge >= 0.3 is 5.97 Å². The summed E-state index contributed by atoms with van der Waals surface area (Å²) in [4.78, 5) is 13.1. The Labute approximate surface area is 106 Å². The molecule has 0 spiro atoms. The Morgan fingerprint density at radius 2 is 2.22 bits per heavy atom. The number of halogens is 1. The minimum absolute atomic E-state index is 0.0413. The molecule has 1 N–H and O–H groups in total. The molecule has 1 aromatic carbocycles. The molecule has 100 valence electrons. The molecule has 1 aromatic rings. The number of aliphatic hydroxyl groups is 1. The molecule has 5 heteroatoms. The molecule has 0 aliphatic carbocycles. The highest BCUT2D eigenvalue weighted by Crippen LogP contribution is 2.19. The fourth-order valence-corrected chi connectivity index (χ4v) is 1.71. The van der Waals surface area contributed by atoms with E-state index in [2.05, 4.69) is 4.74 Å². The molecule has 0 aromatic heterocycles. The molecule has 0 aliphatic rings. The lowest BCUT2D eigenvalue weighted by atomic mass is 10.1. The van der Waals surface area contributed by atoms with Gasteiger partial charge in [0.25, 0.3) is 0 Å². The Bertz CT molecular complexity index is 420. The SMILES string of the molecule is CCN(CC(C)(O)C(=O)OC)c1cccc(F)c1. The van der Waals surface area contributed by atoms with Crippen molar-refractivity contribution < 1.29 is 19.0 Å². The number of carbonyl (C=O) groups is 1. The summed E-state index contributed by atoms with van der Waals surface area (Å²) in [5.41, 5.74) is -1.02. The summed E-state index contributed by atoms with van der Waals surface area (Å²) < 4.78 is 17.7. The van der Waals surface area contributed by atoms with E-state index in [-0.39, 0.29) is 12.4 Å². The monoisotopic (exact) mass is 255 g/mol. The summed E-state index contributed by atoms with van der Waals surface area (Å²) in [6, 6.07) is 6.01. The lowest BCUT2D eigenvalue weighted by molar-refractivity contribution is -0.159. The third kappa shape index (κ3) is 3.43. The van der Waals surface area contributed by atoms with Crippen molar-refractivity contribution in [1.29, 1.82) is 0 Å². The summed E-state index contributed by atoms with van der Waals surface area (Å²) in [7, 11) is 1.22. The number of methoxy groups -OCH3 is 1. The fraction of sp³-hybridized carbons (Fsp3) is 0.462. The quantitative estimate of drug-likeness (QED) is 0.811. The summed E-state index contributed by atoms with van der Waals surface area (Å²) >= 11 is 0. The van der Waals surface area contributed by atoms with Gasteiger partial charge in [0.05, 0.1) is 13.7 Å². The molecule has 0 fully saturated rings. The highest BCUT2D eigenvalue weighted by Gasteiger charge is 2.33. The standard InChI is InChI=1S/C13H18FNO3/c1-4-15(9-13(2,17)12(16)18-3)11-7-5-6-10(14)8-11/h5-8,17H,4,9H2,1-3H3. The summed E-state index contributed by atoms with van der Waals surface area (Å²) in [5, 5.41) is 10.0. The van der Waals surface area contributed by atoms with Crippen LogP contribution in [0.1, 0.15) is 13.8 Å². The van der Waals surface area contributed by atoms with Crippen LogP contribution in [0.15, 0.2) is 24.3 Å². The number of ether oxygens (including phenoxy) is 1.